The van der Waals surface area contributed by atoms with Gasteiger partial charge in [0.25, 0.3) is 0 Å². The summed E-state index contributed by atoms with van der Waals surface area (Å²) in [7, 11) is 0. The minimum Gasteiger partial charge on any atom is -0.379 e. The van der Waals surface area contributed by atoms with E-state index in [2.05, 4.69) is 10.3 Å². The molecule has 4 heteroatoms. The minimum atomic E-state index is 0.0895. The van der Waals surface area contributed by atoms with Crippen molar-refractivity contribution in [2.45, 2.75) is 20.4 Å². The number of hydrogen-bond acceptors (Lipinski definition) is 4. The highest BCUT2D eigenvalue weighted by atomic mass is 32.1. The Morgan fingerprint density at radius 1 is 1.35 bits per heavy atom. The summed E-state index contributed by atoms with van der Waals surface area (Å²) in [4.78, 5) is 15.5. The quantitative estimate of drug-likeness (QED) is 0.842. The molecule has 1 heterocycles. The zero-order valence-corrected chi connectivity index (χ0v) is 10.7. The predicted molar refractivity (Wildman–Crippen MR) is 70.6 cm³/mol. The summed E-state index contributed by atoms with van der Waals surface area (Å²) >= 11 is 1.65. The molecule has 0 bridgehead atoms. The van der Waals surface area contributed by atoms with Crippen molar-refractivity contribution in [3.8, 4) is 0 Å². The molecule has 1 aromatic carbocycles. The van der Waals surface area contributed by atoms with Gasteiger partial charge in [0.1, 0.15) is 0 Å². The summed E-state index contributed by atoms with van der Waals surface area (Å²) < 4.78 is 0. The Hall–Kier alpha value is -1.68. The molecule has 2 aromatic rings. The summed E-state index contributed by atoms with van der Waals surface area (Å²) in [6, 6.07) is 7.49. The van der Waals surface area contributed by atoms with Gasteiger partial charge >= 0.3 is 0 Å². The maximum absolute atomic E-state index is 11.1. The van der Waals surface area contributed by atoms with Gasteiger partial charge in [-0.1, -0.05) is 0 Å². The lowest BCUT2D eigenvalue weighted by molar-refractivity contribution is 0.101. The average molecular weight is 246 g/mol. The molecule has 2 rings (SSSR count). The lowest BCUT2D eigenvalue weighted by Gasteiger charge is -2.04. The lowest BCUT2D eigenvalue weighted by atomic mass is 10.1. The molecule has 0 radical (unpaired) electrons. The van der Waals surface area contributed by atoms with Crippen LogP contribution in [-0.2, 0) is 6.54 Å². The first kappa shape index (κ1) is 11.8. The molecular weight excluding hydrogens is 232 g/mol. The van der Waals surface area contributed by atoms with E-state index in [1.807, 2.05) is 36.6 Å². The van der Waals surface area contributed by atoms with E-state index >= 15 is 0 Å². The number of nitrogens with one attached hydrogen (secondary N) is 1. The number of aryl methyl sites for hydroxylation is 1. The number of rotatable bonds is 4. The standard InChI is InChI=1S/C13H14N2OS/c1-9(16)11-3-5-12(6-4-11)14-7-13-8-17-10(2)15-13/h3-6,8,14H,7H2,1-2H3. The van der Waals surface area contributed by atoms with Crippen LogP contribution in [0.25, 0.3) is 0 Å². The largest absolute Gasteiger partial charge is 0.379 e. The van der Waals surface area contributed by atoms with Crippen molar-refractivity contribution >= 4 is 22.8 Å². The molecule has 0 aliphatic heterocycles. The van der Waals surface area contributed by atoms with Gasteiger partial charge < -0.3 is 5.32 Å². The third-order valence-electron chi connectivity index (χ3n) is 2.43. The topological polar surface area (TPSA) is 42.0 Å². The van der Waals surface area contributed by atoms with E-state index in [4.69, 9.17) is 0 Å². The lowest BCUT2D eigenvalue weighted by Crippen LogP contribution is -2.00. The van der Waals surface area contributed by atoms with Crippen LogP contribution in [0.2, 0.25) is 0 Å². The number of carbonyl (C=O) groups is 1. The van der Waals surface area contributed by atoms with E-state index in [9.17, 15) is 4.79 Å². The molecule has 1 aromatic heterocycles. The highest BCUT2D eigenvalue weighted by molar-refractivity contribution is 7.09. The van der Waals surface area contributed by atoms with Crippen LogP contribution in [0, 0.1) is 6.92 Å². The highest BCUT2D eigenvalue weighted by Gasteiger charge is 2.00. The first-order chi connectivity index (χ1) is 8.15. The third kappa shape index (κ3) is 3.14. The van der Waals surface area contributed by atoms with Crippen LogP contribution in [-0.4, -0.2) is 10.8 Å². The maximum atomic E-state index is 11.1. The van der Waals surface area contributed by atoms with Gasteiger partial charge in [0.2, 0.25) is 0 Å². The van der Waals surface area contributed by atoms with E-state index in [-0.39, 0.29) is 5.78 Å². The fourth-order valence-electron chi connectivity index (χ4n) is 1.50. The van der Waals surface area contributed by atoms with Crippen LogP contribution in [0.3, 0.4) is 0 Å². The second-order valence-electron chi connectivity index (χ2n) is 3.84. The molecule has 0 aliphatic rings. The normalized spacial score (nSPS) is 10.2. The number of hydrogen-bond donors (Lipinski definition) is 1. The third-order valence-corrected chi connectivity index (χ3v) is 3.25. The first-order valence-corrected chi connectivity index (χ1v) is 6.29. The zero-order valence-electron chi connectivity index (χ0n) is 9.86. The Morgan fingerprint density at radius 3 is 2.59 bits per heavy atom. The molecule has 0 atom stereocenters. The summed E-state index contributed by atoms with van der Waals surface area (Å²) in [5, 5.41) is 6.40. The number of thiazole rings is 1. The molecule has 0 amide bonds. The molecule has 88 valence electrons. The SMILES string of the molecule is CC(=O)c1ccc(NCc2csc(C)n2)cc1. The smallest absolute Gasteiger partial charge is 0.159 e. The molecular formula is C13H14N2OS. The highest BCUT2D eigenvalue weighted by Crippen LogP contribution is 2.13. The summed E-state index contributed by atoms with van der Waals surface area (Å²) in [5.41, 5.74) is 2.78. The van der Waals surface area contributed by atoms with Crippen LogP contribution in [0.4, 0.5) is 5.69 Å². The monoisotopic (exact) mass is 246 g/mol. The van der Waals surface area contributed by atoms with Gasteiger partial charge in [-0.15, -0.1) is 11.3 Å². The van der Waals surface area contributed by atoms with Gasteiger partial charge in [0.15, 0.2) is 5.78 Å². The van der Waals surface area contributed by atoms with Crippen LogP contribution in [0.1, 0.15) is 28.0 Å². The molecule has 1 N–H and O–H groups in total. The Kier molecular flexibility index (Phi) is 3.54. The van der Waals surface area contributed by atoms with Crippen molar-refractivity contribution in [1.82, 2.24) is 4.98 Å². The van der Waals surface area contributed by atoms with Crippen molar-refractivity contribution < 1.29 is 4.79 Å². The van der Waals surface area contributed by atoms with E-state index in [1.165, 1.54) is 0 Å². The van der Waals surface area contributed by atoms with Gasteiger partial charge in [-0.3, -0.25) is 4.79 Å². The zero-order chi connectivity index (χ0) is 12.3. The number of carbonyl (C=O) groups excluding carboxylic acids is 1. The van der Waals surface area contributed by atoms with Gasteiger partial charge in [-0.2, -0.15) is 0 Å². The number of Topliss-reactive ketones (excluding diaryl/α,β-unsaturated/α-hetero) is 1. The number of anilines is 1. The van der Waals surface area contributed by atoms with Crippen molar-refractivity contribution in [3.05, 3.63) is 45.9 Å². The fraction of sp³-hybridized carbons (Fsp3) is 0.231. The predicted octanol–water partition coefficient (Wildman–Crippen LogP) is 3.27. The van der Waals surface area contributed by atoms with Crippen LogP contribution >= 0.6 is 11.3 Å². The van der Waals surface area contributed by atoms with E-state index < -0.39 is 0 Å². The summed E-state index contributed by atoms with van der Waals surface area (Å²) in [6.07, 6.45) is 0. The summed E-state index contributed by atoms with van der Waals surface area (Å²) in [5.74, 6) is 0.0895. The maximum Gasteiger partial charge on any atom is 0.159 e. The van der Waals surface area contributed by atoms with Crippen LogP contribution in [0.15, 0.2) is 29.6 Å². The number of ketones is 1. The number of benzene rings is 1. The second-order valence-corrected chi connectivity index (χ2v) is 4.91. The number of aromatic nitrogens is 1. The molecule has 0 aliphatic carbocycles. The van der Waals surface area contributed by atoms with E-state index in [0.717, 1.165) is 22.0 Å². The van der Waals surface area contributed by atoms with Crippen LogP contribution < -0.4 is 5.32 Å². The molecule has 17 heavy (non-hydrogen) atoms. The Balaban J connectivity index is 1.97. The van der Waals surface area contributed by atoms with Gasteiger partial charge in [0, 0.05) is 16.6 Å². The Bertz CT molecular complexity index is 516. The minimum absolute atomic E-state index is 0.0895. The average Bonchev–Trinajstić information content (AvgIpc) is 2.73. The number of nitrogens with zero attached hydrogens (tertiary/aromatic N) is 1. The van der Waals surface area contributed by atoms with Gasteiger partial charge in [-0.25, -0.2) is 4.98 Å². The molecule has 0 saturated heterocycles. The Labute approximate surface area is 105 Å². The first-order valence-electron chi connectivity index (χ1n) is 5.41. The molecule has 0 saturated carbocycles. The van der Waals surface area contributed by atoms with Crippen LogP contribution in [0.5, 0.6) is 0 Å². The summed E-state index contributed by atoms with van der Waals surface area (Å²) in [6.45, 7) is 4.28. The van der Waals surface area contributed by atoms with Gasteiger partial charge in [0.05, 0.1) is 17.2 Å². The molecule has 3 nitrogen and oxygen atoms in total. The van der Waals surface area contributed by atoms with Gasteiger partial charge in [-0.05, 0) is 38.1 Å². The molecule has 0 spiro atoms. The second kappa shape index (κ2) is 5.10. The Morgan fingerprint density at radius 2 is 2.06 bits per heavy atom. The molecule has 0 fully saturated rings. The van der Waals surface area contributed by atoms with Crippen molar-refractivity contribution in [2.75, 3.05) is 5.32 Å². The van der Waals surface area contributed by atoms with Crippen molar-refractivity contribution in [2.24, 2.45) is 0 Å². The van der Waals surface area contributed by atoms with E-state index in [1.54, 1.807) is 18.3 Å². The van der Waals surface area contributed by atoms with E-state index in [0.29, 0.717) is 6.54 Å². The molecule has 0 unspecified atom stereocenters. The van der Waals surface area contributed by atoms with Crippen molar-refractivity contribution in [3.63, 3.8) is 0 Å². The van der Waals surface area contributed by atoms with Crippen molar-refractivity contribution in [1.29, 1.82) is 0 Å². The fourth-order valence-corrected chi connectivity index (χ4v) is 2.12.